The minimum absolute atomic E-state index is 0.144. The second-order valence-electron chi connectivity index (χ2n) is 4.90. The SMILES string of the molecule is CC(=O)c1cccc(O[C@H]2O[C@H](CO)[C@@H](O)[C@H](O)[C@@H]2O)c1. The minimum Gasteiger partial charge on any atom is -0.462 e. The monoisotopic (exact) mass is 298 g/mol. The van der Waals surface area contributed by atoms with Crippen LogP contribution < -0.4 is 4.74 Å². The molecular formula is C14H18O7. The average molecular weight is 298 g/mol. The molecular weight excluding hydrogens is 280 g/mol. The Balaban J connectivity index is 2.14. The van der Waals surface area contributed by atoms with E-state index in [0.29, 0.717) is 5.56 Å². The largest absolute Gasteiger partial charge is 0.462 e. The van der Waals surface area contributed by atoms with E-state index in [-0.39, 0.29) is 11.5 Å². The van der Waals surface area contributed by atoms with E-state index in [1.54, 1.807) is 18.2 Å². The lowest BCUT2D eigenvalue weighted by Gasteiger charge is -2.39. The Bertz CT molecular complexity index is 502. The number of hydrogen-bond donors (Lipinski definition) is 4. The van der Waals surface area contributed by atoms with E-state index >= 15 is 0 Å². The molecule has 0 amide bonds. The molecule has 1 aliphatic rings. The van der Waals surface area contributed by atoms with Gasteiger partial charge in [-0.15, -0.1) is 0 Å². The summed E-state index contributed by atoms with van der Waals surface area (Å²) < 4.78 is 10.6. The zero-order valence-electron chi connectivity index (χ0n) is 11.4. The summed E-state index contributed by atoms with van der Waals surface area (Å²) in [5, 5.41) is 38.3. The van der Waals surface area contributed by atoms with Crippen molar-refractivity contribution in [2.75, 3.05) is 6.61 Å². The summed E-state index contributed by atoms with van der Waals surface area (Å²) in [5.74, 6) is 0.126. The van der Waals surface area contributed by atoms with Crippen LogP contribution in [-0.4, -0.2) is 63.5 Å². The number of hydrogen-bond acceptors (Lipinski definition) is 7. The van der Waals surface area contributed by atoms with Gasteiger partial charge in [0.1, 0.15) is 30.2 Å². The topological polar surface area (TPSA) is 116 Å². The van der Waals surface area contributed by atoms with Gasteiger partial charge in [-0.25, -0.2) is 0 Å². The molecule has 0 bridgehead atoms. The summed E-state index contributed by atoms with van der Waals surface area (Å²) in [4.78, 5) is 11.3. The molecule has 0 saturated carbocycles. The van der Waals surface area contributed by atoms with Gasteiger partial charge in [-0.05, 0) is 19.1 Å². The van der Waals surface area contributed by atoms with Gasteiger partial charge in [0.05, 0.1) is 6.61 Å². The van der Waals surface area contributed by atoms with Gasteiger partial charge in [-0.3, -0.25) is 4.79 Å². The Morgan fingerprint density at radius 2 is 1.95 bits per heavy atom. The van der Waals surface area contributed by atoms with Gasteiger partial charge < -0.3 is 29.9 Å². The van der Waals surface area contributed by atoms with E-state index in [1.807, 2.05) is 0 Å². The molecule has 4 N–H and O–H groups in total. The molecule has 0 aromatic heterocycles. The van der Waals surface area contributed by atoms with E-state index in [4.69, 9.17) is 14.6 Å². The van der Waals surface area contributed by atoms with Crippen LogP contribution in [0.1, 0.15) is 17.3 Å². The standard InChI is InChI=1S/C14H18O7/c1-7(16)8-3-2-4-9(5-8)20-14-13(19)12(18)11(17)10(6-15)21-14/h2-5,10-15,17-19H,6H2,1H3/t10-,11-,12+,13+,14+/m1/s1. The highest BCUT2D eigenvalue weighted by molar-refractivity contribution is 5.94. The van der Waals surface area contributed by atoms with Gasteiger partial charge in [-0.2, -0.15) is 0 Å². The molecule has 7 heteroatoms. The first-order valence-corrected chi connectivity index (χ1v) is 6.52. The van der Waals surface area contributed by atoms with Crippen LogP contribution >= 0.6 is 0 Å². The van der Waals surface area contributed by atoms with Crippen LogP contribution in [0.15, 0.2) is 24.3 Å². The third-order valence-electron chi connectivity index (χ3n) is 3.34. The van der Waals surface area contributed by atoms with Crippen LogP contribution in [0.4, 0.5) is 0 Å². The third kappa shape index (κ3) is 3.39. The van der Waals surface area contributed by atoms with Crippen LogP contribution in [0.3, 0.4) is 0 Å². The number of aliphatic hydroxyl groups is 4. The predicted octanol–water partition coefficient (Wildman–Crippen LogP) is -0.932. The van der Waals surface area contributed by atoms with E-state index in [0.717, 1.165) is 0 Å². The zero-order chi connectivity index (χ0) is 15.6. The maximum absolute atomic E-state index is 11.3. The van der Waals surface area contributed by atoms with E-state index < -0.39 is 37.3 Å². The Hall–Kier alpha value is -1.51. The second kappa shape index (κ2) is 6.50. The number of benzene rings is 1. The number of ether oxygens (including phenoxy) is 2. The molecule has 1 fully saturated rings. The molecule has 1 saturated heterocycles. The van der Waals surface area contributed by atoms with Crippen LogP contribution in [0.2, 0.25) is 0 Å². The van der Waals surface area contributed by atoms with Gasteiger partial charge in [0.15, 0.2) is 5.78 Å². The van der Waals surface area contributed by atoms with Crippen molar-refractivity contribution in [3.8, 4) is 5.75 Å². The zero-order valence-corrected chi connectivity index (χ0v) is 11.4. The minimum atomic E-state index is -1.50. The third-order valence-corrected chi connectivity index (χ3v) is 3.34. The molecule has 1 aliphatic heterocycles. The molecule has 116 valence electrons. The Morgan fingerprint density at radius 1 is 1.24 bits per heavy atom. The number of carbonyl (C=O) groups excluding carboxylic acids is 1. The highest BCUT2D eigenvalue weighted by atomic mass is 16.7. The Morgan fingerprint density at radius 3 is 2.57 bits per heavy atom. The molecule has 0 spiro atoms. The normalized spacial score (nSPS) is 32.7. The summed E-state index contributed by atoms with van der Waals surface area (Å²) in [6.45, 7) is 0.880. The number of carbonyl (C=O) groups is 1. The van der Waals surface area contributed by atoms with Crippen LogP contribution in [-0.2, 0) is 4.74 Å². The van der Waals surface area contributed by atoms with Crippen molar-refractivity contribution in [3.63, 3.8) is 0 Å². The molecule has 5 atom stereocenters. The summed E-state index contributed by atoms with van der Waals surface area (Å²) in [6.07, 6.45) is -6.72. The van der Waals surface area contributed by atoms with E-state index in [9.17, 15) is 20.1 Å². The molecule has 1 heterocycles. The maximum atomic E-state index is 11.3. The van der Waals surface area contributed by atoms with Gasteiger partial charge >= 0.3 is 0 Å². The van der Waals surface area contributed by atoms with Gasteiger partial charge in [-0.1, -0.05) is 12.1 Å². The smallest absolute Gasteiger partial charge is 0.229 e. The van der Waals surface area contributed by atoms with Crippen LogP contribution in [0.5, 0.6) is 5.75 Å². The molecule has 1 aromatic carbocycles. The lowest BCUT2D eigenvalue weighted by Crippen LogP contribution is -2.60. The van der Waals surface area contributed by atoms with Gasteiger partial charge in [0, 0.05) is 5.56 Å². The van der Waals surface area contributed by atoms with E-state index in [2.05, 4.69) is 0 Å². The highest BCUT2D eigenvalue weighted by Crippen LogP contribution is 2.24. The molecule has 0 aliphatic carbocycles. The van der Waals surface area contributed by atoms with Crippen molar-refractivity contribution in [1.82, 2.24) is 0 Å². The van der Waals surface area contributed by atoms with Crippen LogP contribution in [0.25, 0.3) is 0 Å². The molecule has 1 aromatic rings. The predicted molar refractivity (Wildman–Crippen MR) is 70.8 cm³/mol. The summed E-state index contributed by atoms with van der Waals surface area (Å²) in [6, 6.07) is 6.26. The molecule has 7 nitrogen and oxygen atoms in total. The molecule has 21 heavy (non-hydrogen) atoms. The van der Waals surface area contributed by atoms with Gasteiger partial charge in [0.25, 0.3) is 0 Å². The quantitative estimate of drug-likeness (QED) is 0.530. The number of ketones is 1. The van der Waals surface area contributed by atoms with Crippen molar-refractivity contribution in [3.05, 3.63) is 29.8 Å². The number of rotatable bonds is 4. The van der Waals surface area contributed by atoms with Crippen molar-refractivity contribution >= 4 is 5.78 Å². The fraction of sp³-hybridized carbons (Fsp3) is 0.500. The Labute approximate surface area is 121 Å². The maximum Gasteiger partial charge on any atom is 0.229 e. The fourth-order valence-electron chi connectivity index (χ4n) is 2.09. The molecule has 0 radical (unpaired) electrons. The van der Waals surface area contributed by atoms with Crippen molar-refractivity contribution in [2.45, 2.75) is 37.6 Å². The lowest BCUT2D eigenvalue weighted by atomic mass is 9.99. The summed E-state index contributed by atoms with van der Waals surface area (Å²) >= 11 is 0. The number of aliphatic hydroxyl groups excluding tert-OH is 4. The van der Waals surface area contributed by atoms with E-state index in [1.165, 1.54) is 13.0 Å². The molecule has 2 rings (SSSR count). The van der Waals surface area contributed by atoms with Crippen molar-refractivity contribution in [1.29, 1.82) is 0 Å². The average Bonchev–Trinajstić information content (AvgIpc) is 2.48. The highest BCUT2D eigenvalue weighted by Gasteiger charge is 2.44. The molecule has 0 unspecified atom stereocenters. The summed E-state index contributed by atoms with van der Waals surface area (Å²) in [7, 11) is 0. The Kier molecular flexibility index (Phi) is 4.92. The summed E-state index contributed by atoms with van der Waals surface area (Å²) in [5.41, 5.74) is 0.428. The van der Waals surface area contributed by atoms with Crippen molar-refractivity contribution in [2.24, 2.45) is 0 Å². The first-order chi connectivity index (χ1) is 9.93. The number of Topliss-reactive ketones (excluding diaryl/α,β-unsaturated/α-hetero) is 1. The first kappa shape index (κ1) is 15.9. The second-order valence-corrected chi connectivity index (χ2v) is 4.90. The van der Waals surface area contributed by atoms with Crippen molar-refractivity contribution < 1.29 is 34.7 Å². The lowest BCUT2D eigenvalue weighted by molar-refractivity contribution is -0.277. The first-order valence-electron chi connectivity index (χ1n) is 6.52. The fourth-order valence-corrected chi connectivity index (χ4v) is 2.09. The van der Waals surface area contributed by atoms with Crippen LogP contribution in [0, 0.1) is 0 Å². The van der Waals surface area contributed by atoms with Gasteiger partial charge in [0.2, 0.25) is 6.29 Å².